The second kappa shape index (κ2) is 21.5. The molecule has 4 rings (SSSR count). The number of rotatable bonds is 9. The Bertz CT molecular complexity index is 1730. The van der Waals surface area contributed by atoms with Crippen molar-refractivity contribution in [3.05, 3.63) is 35.5 Å². The molecule has 6 bridgehead atoms. The van der Waals surface area contributed by atoms with Crippen molar-refractivity contribution in [1.29, 1.82) is 0 Å². The minimum atomic E-state index is -2.41. The Hall–Kier alpha value is -3.71. The van der Waals surface area contributed by atoms with E-state index >= 15 is 0 Å². The molecule has 4 N–H and O–H groups in total. The van der Waals surface area contributed by atoms with Gasteiger partial charge in [-0.15, -0.1) is 0 Å². The van der Waals surface area contributed by atoms with Gasteiger partial charge in [-0.05, 0) is 44.1 Å². The Morgan fingerprint density at radius 2 is 1.52 bits per heavy atom. The zero-order valence-corrected chi connectivity index (χ0v) is 38.5. The van der Waals surface area contributed by atoms with E-state index in [-0.39, 0.29) is 69.3 Å². The molecule has 0 saturated carbocycles. The molecule has 0 aromatic heterocycles. The molecule has 0 aliphatic carbocycles. The van der Waals surface area contributed by atoms with Gasteiger partial charge >= 0.3 is 29.8 Å². The monoisotopic (exact) mass is 894 g/mol. The first-order chi connectivity index (χ1) is 29.3. The molecule has 0 unspecified atom stereocenters. The summed E-state index contributed by atoms with van der Waals surface area (Å²) in [6, 6.07) is 0. The minimum Gasteiger partial charge on any atom is -0.466 e. The molecule has 3 saturated heterocycles. The first kappa shape index (κ1) is 51.9. The van der Waals surface area contributed by atoms with Crippen LogP contribution in [0.4, 0.5) is 0 Å². The lowest BCUT2D eigenvalue weighted by Crippen LogP contribution is -2.62. The van der Waals surface area contributed by atoms with Crippen molar-refractivity contribution in [3.8, 4) is 0 Å². The van der Waals surface area contributed by atoms with Gasteiger partial charge in [0, 0.05) is 56.1 Å². The van der Waals surface area contributed by atoms with E-state index in [0.717, 1.165) is 6.08 Å². The van der Waals surface area contributed by atoms with Gasteiger partial charge in [-0.25, -0.2) is 9.59 Å². The second-order valence-corrected chi connectivity index (χ2v) is 19.0. The van der Waals surface area contributed by atoms with Crippen molar-refractivity contribution in [1.82, 2.24) is 0 Å². The zero-order chi connectivity index (χ0) is 47.1. The molecule has 4 heterocycles. The van der Waals surface area contributed by atoms with Gasteiger partial charge in [-0.3, -0.25) is 14.4 Å². The standard InChI is InChI=1S/C46H70O17/c1-11-12-37(49)61-42-29(20-39(51)57-10)19-32-23-35(27(4)47)59-41(53)22-30(48)21-33-24-36(60-40(52)15-26(2)3)44(7,8)45(54,62-33)25-34-17-28(18-38(50)56-9)16-31(58-34)13-14-43(5,6)46(42,55)63-32/h13-14,18,20,26-27,30-36,42,47-48,54-55H,11-12,15-17,19,21-25H2,1-10H3/b14-13-,28-18?,29-20+/t27-,30-,31+,32-,33-,34+,35-,36+,42+,45+,46-/m1/s1. The van der Waals surface area contributed by atoms with Crippen LogP contribution in [-0.2, 0) is 61.9 Å². The highest BCUT2D eigenvalue weighted by Gasteiger charge is 2.59. The summed E-state index contributed by atoms with van der Waals surface area (Å²) >= 11 is 0. The Morgan fingerprint density at radius 3 is 2.14 bits per heavy atom. The smallest absolute Gasteiger partial charge is 0.330 e. The molecule has 11 atom stereocenters. The molecule has 3 fully saturated rings. The second-order valence-electron chi connectivity index (χ2n) is 19.0. The third-order valence-electron chi connectivity index (χ3n) is 12.5. The van der Waals surface area contributed by atoms with E-state index < -0.39 is 114 Å². The van der Waals surface area contributed by atoms with Crippen molar-refractivity contribution in [3.63, 3.8) is 0 Å². The van der Waals surface area contributed by atoms with Crippen LogP contribution in [0.15, 0.2) is 35.5 Å². The van der Waals surface area contributed by atoms with E-state index in [1.807, 2.05) is 13.8 Å². The third-order valence-corrected chi connectivity index (χ3v) is 12.5. The lowest BCUT2D eigenvalue weighted by atomic mass is 9.70. The highest BCUT2D eigenvalue weighted by Crippen LogP contribution is 2.50. The maximum absolute atomic E-state index is 13.5. The van der Waals surface area contributed by atoms with Crippen LogP contribution < -0.4 is 0 Å². The van der Waals surface area contributed by atoms with Crippen LogP contribution in [0.2, 0.25) is 0 Å². The molecule has 0 aromatic rings. The number of aliphatic hydroxyl groups excluding tert-OH is 2. The molecule has 63 heavy (non-hydrogen) atoms. The van der Waals surface area contributed by atoms with Crippen LogP contribution in [0.25, 0.3) is 0 Å². The number of fused-ring (bicyclic) bond motifs is 6. The zero-order valence-electron chi connectivity index (χ0n) is 38.5. The summed E-state index contributed by atoms with van der Waals surface area (Å²) in [4.78, 5) is 65.1. The van der Waals surface area contributed by atoms with Crippen LogP contribution in [0, 0.1) is 16.7 Å². The maximum atomic E-state index is 13.5. The largest absolute Gasteiger partial charge is 0.466 e. The average molecular weight is 895 g/mol. The van der Waals surface area contributed by atoms with Crippen LogP contribution in [-0.4, -0.2) is 131 Å². The SMILES string of the molecule is CCCC(=O)O[C@H]1/C(=C/C(=O)OC)C[C@@H]2C[C@H]([C@@H](C)O)OC(=O)C[C@H](O)C[C@@H]3C[C@H](OC(=O)CC(C)C)C(C)(C)[C@](O)(C[C@@H]4CC(=CC(=O)OC)C[C@H](/C=C\C(C)(C)[C@]1(O)O2)O4)O3. The van der Waals surface area contributed by atoms with Gasteiger partial charge in [0.25, 0.3) is 0 Å². The van der Waals surface area contributed by atoms with Gasteiger partial charge in [0.15, 0.2) is 11.9 Å². The lowest BCUT2D eigenvalue weighted by Gasteiger charge is -2.54. The molecule has 4 aliphatic heterocycles. The fourth-order valence-corrected chi connectivity index (χ4v) is 8.68. The quantitative estimate of drug-likeness (QED) is 0.110. The van der Waals surface area contributed by atoms with Crippen molar-refractivity contribution in [2.24, 2.45) is 16.7 Å². The normalized spacial score (nSPS) is 36.0. The molecule has 17 nitrogen and oxygen atoms in total. The molecule has 17 heteroatoms. The lowest BCUT2D eigenvalue weighted by molar-refractivity contribution is -0.349. The molecular formula is C46H70O17. The van der Waals surface area contributed by atoms with Crippen molar-refractivity contribution in [2.45, 2.75) is 193 Å². The van der Waals surface area contributed by atoms with Gasteiger partial charge in [0.2, 0.25) is 5.79 Å². The molecule has 0 aromatic carbocycles. The summed E-state index contributed by atoms with van der Waals surface area (Å²) in [7, 11) is 2.42. The van der Waals surface area contributed by atoms with E-state index in [1.54, 1.807) is 46.8 Å². The number of esters is 5. The van der Waals surface area contributed by atoms with Gasteiger partial charge in [0.1, 0.15) is 12.2 Å². The number of hydrogen-bond acceptors (Lipinski definition) is 17. The number of hydrogen-bond donors (Lipinski definition) is 4. The Labute approximate surface area is 370 Å². The van der Waals surface area contributed by atoms with E-state index in [9.17, 15) is 44.4 Å². The molecule has 356 valence electrons. The first-order valence-corrected chi connectivity index (χ1v) is 22.0. The van der Waals surface area contributed by atoms with Crippen molar-refractivity contribution in [2.75, 3.05) is 14.2 Å². The number of carbonyl (C=O) groups is 5. The van der Waals surface area contributed by atoms with Crippen LogP contribution in [0.3, 0.4) is 0 Å². The summed E-state index contributed by atoms with van der Waals surface area (Å²) in [5.41, 5.74) is -1.97. The Balaban J connectivity index is 1.88. The summed E-state index contributed by atoms with van der Waals surface area (Å²) in [6.07, 6.45) is -4.43. The Morgan fingerprint density at radius 1 is 0.857 bits per heavy atom. The fraction of sp³-hybridized carbons (Fsp3) is 0.761. The minimum absolute atomic E-state index is 0.00780. The molecule has 0 radical (unpaired) electrons. The van der Waals surface area contributed by atoms with Gasteiger partial charge < -0.3 is 58.3 Å². The van der Waals surface area contributed by atoms with Crippen LogP contribution in [0.1, 0.15) is 126 Å². The molecule has 0 amide bonds. The first-order valence-electron chi connectivity index (χ1n) is 22.0. The maximum Gasteiger partial charge on any atom is 0.330 e. The highest BCUT2D eigenvalue weighted by molar-refractivity contribution is 5.83. The summed E-state index contributed by atoms with van der Waals surface area (Å²) in [5.74, 6) is -7.91. The predicted molar refractivity (Wildman–Crippen MR) is 224 cm³/mol. The fourth-order valence-electron chi connectivity index (χ4n) is 8.68. The number of ether oxygens (including phenoxy) is 8. The average Bonchev–Trinajstić information content (AvgIpc) is 3.16. The topological polar surface area (TPSA) is 240 Å². The van der Waals surface area contributed by atoms with Gasteiger partial charge in [-0.1, -0.05) is 66.2 Å². The number of aliphatic hydroxyl groups is 4. The Kier molecular flexibility index (Phi) is 17.7. The van der Waals surface area contributed by atoms with E-state index in [0.29, 0.717) is 12.0 Å². The molecular weight excluding hydrogens is 824 g/mol. The summed E-state index contributed by atoms with van der Waals surface area (Å²) in [6.45, 7) is 13.6. The highest BCUT2D eigenvalue weighted by atomic mass is 16.7. The van der Waals surface area contributed by atoms with E-state index in [1.165, 1.54) is 27.2 Å². The van der Waals surface area contributed by atoms with Crippen LogP contribution in [0.5, 0.6) is 0 Å². The number of carbonyl (C=O) groups excluding carboxylic acids is 5. The van der Waals surface area contributed by atoms with Crippen molar-refractivity contribution >= 4 is 29.8 Å². The van der Waals surface area contributed by atoms with E-state index in [2.05, 4.69) is 0 Å². The van der Waals surface area contributed by atoms with E-state index in [4.69, 9.17) is 37.9 Å². The predicted octanol–water partition coefficient (Wildman–Crippen LogP) is 4.19. The third kappa shape index (κ3) is 13.2. The van der Waals surface area contributed by atoms with Gasteiger partial charge in [0.05, 0.1) is 62.7 Å². The number of methoxy groups -OCH3 is 2. The van der Waals surface area contributed by atoms with Crippen LogP contribution >= 0.6 is 0 Å². The number of cyclic esters (lactones) is 1. The van der Waals surface area contributed by atoms with Gasteiger partial charge in [-0.2, -0.15) is 0 Å². The summed E-state index contributed by atoms with van der Waals surface area (Å²) in [5, 5.41) is 47.7. The van der Waals surface area contributed by atoms with Crippen molar-refractivity contribution < 1.29 is 82.3 Å². The molecule has 0 spiro atoms. The summed E-state index contributed by atoms with van der Waals surface area (Å²) < 4.78 is 47.0. The molecule has 4 aliphatic rings.